The molecule has 0 fully saturated rings. The van der Waals surface area contributed by atoms with Crippen LogP contribution < -0.4 is 0 Å². The van der Waals surface area contributed by atoms with Gasteiger partial charge in [-0.05, 0) is 48.9 Å². The highest BCUT2D eigenvalue weighted by Gasteiger charge is 2.25. The lowest BCUT2D eigenvalue weighted by Crippen LogP contribution is -2.04. The first-order valence-corrected chi connectivity index (χ1v) is 7.93. The van der Waals surface area contributed by atoms with Crippen LogP contribution in [0, 0.1) is 0 Å². The number of benzene rings is 1. The predicted molar refractivity (Wildman–Crippen MR) is 90.6 cm³/mol. The van der Waals surface area contributed by atoms with Crippen molar-refractivity contribution in [2.75, 3.05) is 0 Å². The van der Waals surface area contributed by atoms with Crippen LogP contribution in [0.3, 0.4) is 0 Å². The highest BCUT2D eigenvalue weighted by molar-refractivity contribution is 5.85. The van der Waals surface area contributed by atoms with Crippen LogP contribution >= 0.6 is 0 Å². The molecule has 0 atom stereocenters. The second-order valence-electron chi connectivity index (χ2n) is 6.04. The zero-order chi connectivity index (χ0) is 15.0. The van der Waals surface area contributed by atoms with E-state index in [1.54, 1.807) is 0 Å². The molecule has 108 valence electrons. The molecule has 0 spiro atoms. The Morgan fingerprint density at radius 1 is 1.14 bits per heavy atom. The van der Waals surface area contributed by atoms with Crippen LogP contribution in [-0.2, 0) is 19.3 Å². The van der Waals surface area contributed by atoms with Gasteiger partial charge in [-0.15, -0.1) is 0 Å². The third kappa shape index (κ3) is 2.31. The Hall–Kier alpha value is -1.89. The van der Waals surface area contributed by atoms with Crippen molar-refractivity contribution in [1.29, 1.82) is 0 Å². The molecule has 0 saturated carbocycles. The number of nitrogens with zero attached hydrogens (tertiary/aromatic N) is 1. The molecule has 0 bridgehead atoms. The quantitative estimate of drug-likeness (QED) is 0.641. The molecule has 0 aliphatic heterocycles. The van der Waals surface area contributed by atoms with E-state index in [9.17, 15) is 0 Å². The summed E-state index contributed by atoms with van der Waals surface area (Å²) in [5, 5.41) is 0. The highest BCUT2D eigenvalue weighted by Crippen LogP contribution is 2.41. The van der Waals surface area contributed by atoms with Gasteiger partial charge in [0.25, 0.3) is 0 Å². The molecule has 21 heavy (non-hydrogen) atoms. The zero-order valence-electron chi connectivity index (χ0n) is 13.5. The normalized spacial score (nSPS) is 12.0. The first-order chi connectivity index (χ1) is 10.2. The molecular formula is C20H23N. The molecule has 1 aromatic heterocycles. The fourth-order valence-electron chi connectivity index (χ4n) is 3.41. The summed E-state index contributed by atoms with van der Waals surface area (Å²) < 4.78 is 0. The maximum atomic E-state index is 5.00. The van der Waals surface area contributed by atoms with Gasteiger partial charge in [-0.3, -0.25) is 4.98 Å². The predicted octanol–water partition coefficient (Wildman–Crippen LogP) is 5.20. The second-order valence-corrected chi connectivity index (χ2v) is 6.04. The summed E-state index contributed by atoms with van der Waals surface area (Å²) in [6.07, 6.45) is 5.38. The van der Waals surface area contributed by atoms with Gasteiger partial charge < -0.3 is 0 Å². The van der Waals surface area contributed by atoms with Gasteiger partial charge in [0.05, 0.1) is 5.69 Å². The van der Waals surface area contributed by atoms with E-state index >= 15 is 0 Å². The number of hydrogen-bond donors (Lipinski definition) is 0. The SMILES string of the molecule is CCc1nc2c(c(C=C(C)C)c1CC)-c1ccccc1C2. The number of fused-ring (bicyclic) bond motifs is 3. The summed E-state index contributed by atoms with van der Waals surface area (Å²) in [4.78, 5) is 5.00. The van der Waals surface area contributed by atoms with E-state index in [1.165, 1.54) is 44.8 Å². The summed E-state index contributed by atoms with van der Waals surface area (Å²) in [5.41, 5.74) is 10.9. The number of aryl methyl sites for hydroxylation is 1. The number of allylic oxidation sites excluding steroid dienone is 1. The Morgan fingerprint density at radius 3 is 2.57 bits per heavy atom. The molecule has 2 aromatic rings. The van der Waals surface area contributed by atoms with Crippen molar-refractivity contribution in [3.05, 3.63) is 57.9 Å². The number of aromatic nitrogens is 1. The van der Waals surface area contributed by atoms with Crippen molar-refractivity contribution in [2.24, 2.45) is 0 Å². The molecule has 0 amide bonds. The fraction of sp³-hybridized carbons (Fsp3) is 0.350. The van der Waals surface area contributed by atoms with Crippen LogP contribution in [-0.4, -0.2) is 4.98 Å². The van der Waals surface area contributed by atoms with Crippen LogP contribution in [0.2, 0.25) is 0 Å². The molecule has 0 radical (unpaired) electrons. The van der Waals surface area contributed by atoms with Gasteiger partial charge in [0.1, 0.15) is 0 Å². The Kier molecular flexibility index (Phi) is 3.67. The van der Waals surface area contributed by atoms with E-state index in [0.717, 1.165) is 19.3 Å². The van der Waals surface area contributed by atoms with Crippen molar-refractivity contribution in [2.45, 2.75) is 47.0 Å². The summed E-state index contributed by atoms with van der Waals surface area (Å²) in [5.74, 6) is 0. The molecule has 1 heteroatoms. The first-order valence-electron chi connectivity index (χ1n) is 7.93. The topological polar surface area (TPSA) is 12.9 Å². The lowest BCUT2D eigenvalue weighted by molar-refractivity contribution is 0.933. The Balaban J connectivity index is 2.36. The van der Waals surface area contributed by atoms with Crippen molar-refractivity contribution in [3.8, 4) is 11.1 Å². The van der Waals surface area contributed by atoms with Gasteiger partial charge in [-0.1, -0.05) is 49.8 Å². The maximum Gasteiger partial charge on any atom is 0.0535 e. The molecule has 0 unspecified atom stereocenters. The summed E-state index contributed by atoms with van der Waals surface area (Å²) in [6.45, 7) is 8.81. The highest BCUT2D eigenvalue weighted by atomic mass is 14.7. The number of hydrogen-bond acceptors (Lipinski definition) is 1. The van der Waals surface area contributed by atoms with Gasteiger partial charge in [0.15, 0.2) is 0 Å². The summed E-state index contributed by atoms with van der Waals surface area (Å²) in [6, 6.07) is 8.75. The minimum atomic E-state index is 0.978. The monoisotopic (exact) mass is 277 g/mol. The molecule has 1 nitrogen and oxygen atoms in total. The van der Waals surface area contributed by atoms with Crippen molar-refractivity contribution in [3.63, 3.8) is 0 Å². The van der Waals surface area contributed by atoms with Crippen molar-refractivity contribution >= 4 is 6.08 Å². The van der Waals surface area contributed by atoms with Crippen molar-refractivity contribution in [1.82, 2.24) is 4.98 Å². The maximum absolute atomic E-state index is 5.00. The van der Waals surface area contributed by atoms with Crippen LogP contribution in [0.25, 0.3) is 17.2 Å². The lowest BCUT2D eigenvalue weighted by Gasteiger charge is -2.15. The third-order valence-corrected chi connectivity index (χ3v) is 4.27. The summed E-state index contributed by atoms with van der Waals surface area (Å²) >= 11 is 0. The minimum absolute atomic E-state index is 0.978. The van der Waals surface area contributed by atoms with Gasteiger partial charge in [0.2, 0.25) is 0 Å². The van der Waals surface area contributed by atoms with Crippen LogP contribution in [0.5, 0.6) is 0 Å². The molecule has 1 aliphatic carbocycles. The molecule has 0 N–H and O–H groups in total. The van der Waals surface area contributed by atoms with E-state index in [2.05, 4.69) is 58.0 Å². The molecule has 0 saturated heterocycles. The largest absolute Gasteiger partial charge is 0.257 e. The Morgan fingerprint density at radius 2 is 1.90 bits per heavy atom. The number of pyridine rings is 1. The summed E-state index contributed by atoms with van der Waals surface area (Å²) in [7, 11) is 0. The minimum Gasteiger partial charge on any atom is -0.257 e. The first kappa shape index (κ1) is 14.1. The number of rotatable bonds is 3. The zero-order valence-corrected chi connectivity index (χ0v) is 13.5. The van der Waals surface area contributed by atoms with E-state index < -0.39 is 0 Å². The Bertz CT molecular complexity index is 719. The van der Waals surface area contributed by atoms with Gasteiger partial charge >= 0.3 is 0 Å². The van der Waals surface area contributed by atoms with E-state index in [4.69, 9.17) is 4.98 Å². The van der Waals surface area contributed by atoms with Crippen LogP contribution in [0.15, 0.2) is 29.8 Å². The molecule has 3 rings (SSSR count). The third-order valence-electron chi connectivity index (χ3n) is 4.27. The van der Waals surface area contributed by atoms with Gasteiger partial charge in [-0.25, -0.2) is 0 Å². The van der Waals surface area contributed by atoms with E-state index in [-0.39, 0.29) is 0 Å². The van der Waals surface area contributed by atoms with Crippen LogP contribution in [0.1, 0.15) is 55.8 Å². The Labute approximate surface area is 127 Å². The smallest absolute Gasteiger partial charge is 0.0535 e. The average Bonchev–Trinajstić information content (AvgIpc) is 2.84. The second kappa shape index (κ2) is 5.48. The van der Waals surface area contributed by atoms with Crippen LogP contribution in [0.4, 0.5) is 0 Å². The van der Waals surface area contributed by atoms with E-state index in [1.807, 2.05) is 0 Å². The van der Waals surface area contributed by atoms with Gasteiger partial charge in [-0.2, -0.15) is 0 Å². The molecule has 1 aliphatic rings. The van der Waals surface area contributed by atoms with Gasteiger partial charge in [0, 0.05) is 17.7 Å². The average molecular weight is 277 g/mol. The molecule has 1 aromatic carbocycles. The lowest BCUT2D eigenvalue weighted by atomic mass is 9.92. The fourth-order valence-corrected chi connectivity index (χ4v) is 3.41. The molecular weight excluding hydrogens is 254 g/mol. The molecule has 1 heterocycles. The van der Waals surface area contributed by atoms with Crippen molar-refractivity contribution < 1.29 is 0 Å². The van der Waals surface area contributed by atoms with E-state index in [0.29, 0.717) is 0 Å². The standard InChI is InChI=1S/C20H23N/c1-5-15-17(11-13(3)4)20-16-10-8-7-9-14(16)12-19(20)21-18(15)6-2/h7-11H,5-6,12H2,1-4H3.